The van der Waals surface area contributed by atoms with Crippen LogP contribution in [0.2, 0.25) is 39.3 Å². The Balaban J connectivity index is 3.15. The van der Waals surface area contributed by atoms with Crippen LogP contribution in [0.3, 0.4) is 0 Å². The van der Waals surface area contributed by atoms with E-state index in [1.165, 1.54) is 6.42 Å². The van der Waals surface area contributed by atoms with E-state index in [2.05, 4.69) is 65.8 Å². The molecule has 0 spiro atoms. The molecule has 0 unspecified atom stereocenters. The molecule has 0 saturated carbocycles. The predicted molar refractivity (Wildman–Crippen MR) is 66.4 cm³/mol. The predicted octanol–water partition coefficient (Wildman–Crippen LogP) is 3.87. The van der Waals surface area contributed by atoms with Crippen LogP contribution in [0.4, 0.5) is 0 Å². The van der Waals surface area contributed by atoms with E-state index in [-0.39, 0.29) is 0 Å². The molecule has 0 aromatic heterocycles. The molecule has 0 aliphatic heterocycles. The molecular formula is C11H21Si2Ti. The Morgan fingerprint density at radius 1 is 1.00 bits per heavy atom. The molecule has 0 radical (unpaired) electrons. The van der Waals surface area contributed by atoms with Gasteiger partial charge in [-0.15, -0.1) is 0 Å². The van der Waals surface area contributed by atoms with Crippen molar-refractivity contribution >= 4 is 16.1 Å². The van der Waals surface area contributed by atoms with Gasteiger partial charge in [0.1, 0.15) is 0 Å². The van der Waals surface area contributed by atoms with Crippen molar-refractivity contribution in [3.8, 4) is 0 Å². The quantitative estimate of drug-likeness (QED) is 0.659. The van der Waals surface area contributed by atoms with Crippen molar-refractivity contribution in [2.75, 3.05) is 0 Å². The van der Waals surface area contributed by atoms with Gasteiger partial charge in [0.2, 0.25) is 0 Å². The molecule has 0 nitrogen and oxygen atoms in total. The van der Waals surface area contributed by atoms with Crippen molar-refractivity contribution in [3.05, 3.63) is 20.3 Å². The van der Waals surface area contributed by atoms with Gasteiger partial charge in [0, 0.05) is 0 Å². The van der Waals surface area contributed by atoms with Crippen molar-refractivity contribution < 1.29 is 20.4 Å². The average Bonchev–Trinajstić information content (AvgIpc) is 2.27. The molecule has 0 atom stereocenters. The van der Waals surface area contributed by atoms with Gasteiger partial charge in [-0.2, -0.15) is 0 Å². The number of rotatable bonds is 2. The van der Waals surface area contributed by atoms with Crippen LogP contribution in [-0.2, 0) is 20.4 Å². The van der Waals surface area contributed by atoms with E-state index in [0.29, 0.717) is 0 Å². The van der Waals surface area contributed by atoms with Crippen LogP contribution in [0.25, 0.3) is 0 Å². The third-order valence-electron chi connectivity index (χ3n) is 2.64. The van der Waals surface area contributed by atoms with Gasteiger partial charge in [-0.05, 0) is 0 Å². The molecule has 0 amide bonds. The molecule has 1 aliphatic rings. The summed E-state index contributed by atoms with van der Waals surface area (Å²) < 4.78 is 1.65. The maximum absolute atomic E-state index is 2.51. The van der Waals surface area contributed by atoms with Crippen molar-refractivity contribution in [1.82, 2.24) is 0 Å². The summed E-state index contributed by atoms with van der Waals surface area (Å²) in [5, 5.41) is 3.55. The average molecular weight is 257 g/mol. The second-order valence-corrected chi connectivity index (χ2v) is 17.2. The number of hydrogen-bond acceptors (Lipinski definition) is 0. The SMILES string of the molecule is C[Si](C)(C)C1=CC[C]([Ti])=C1[Si](C)(C)C. The summed E-state index contributed by atoms with van der Waals surface area (Å²) in [6.45, 7) is 14.8. The topological polar surface area (TPSA) is 0 Å². The standard InChI is InChI=1S/C11H21Si2.Ti/c1-12(2,3)10-8-7-9-11(10)13(4,5)6;/h8H,7H2,1-6H3;. The first-order valence-corrected chi connectivity index (χ1v) is 13.1. The van der Waals surface area contributed by atoms with Gasteiger partial charge < -0.3 is 0 Å². The molecule has 77 valence electrons. The first-order chi connectivity index (χ1) is 6.14. The minimum absolute atomic E-state index is 1.10. The minimum atomic E-state index is -1.11. The molecule has 0 aromatic rings. The summed E-state index contributed by atoms with van der Waals surface area (Å²) in [5.74, 6) is 0. The monoisotopic (exact) mass is 257 g/mol. The maximum atomic E-state index is 2.51. The summed E-state index contributed by atoms with van der Waals surface area (Å²) in [6.07, 6.45) is 3.73. The Morgan fingerprint density at radius 3 is 1.79 bits per heavy atom. The molecule has 0 bridgehead atoms. The summed E-state index contributed by atoms with van der Waals surface area (Å²) in [6, 6.07) is 0. The van der Waals surface area contributed by atoms with E-state index in [0.717, 1.165) is 0 Å². The van der Waals surface area contributed by atoms with Crippen molar-refractivity contribution in [2.24, 2.45) is 0 Å². The molecule has 0 fully saturated rings. The van der Waals surface area contributed by atoms with Gasteiger partial charge in [0.25, 0.3) is 0 Å². The van der Waals surface area contributed by atoms with E-state index < -0.39 is 16.1 Å². The molecule has 0 N–H and O–H groups in total. The fourth-order valence-electron chi connectivity index (χ4n) is 2.11. The van der Waals surface area contributed by atoms with Crippen molar-refractivity contribution in [3.63, 3.8) is 0 Å². The Kier molecular flexibility index (Phi) is 3.53. The van der Waals surface area contributed by atoms with Gasteiger partial charge >= 0.3 is 103 Å². The van der Waals surface area contributed by atoms with Gasteiger partial charge in [-0.25, -0.2) is 0 Å². The summed E-state index contributed by atoms with van der Waals surface area (Å²) in [7, 11) is -2.21. The number of hydrogen-bond donors (Lipinski definition) is 0. The van der Waals surface area contributed by atoms with E-state index >= 15 is 0 Å². The zero-order valence-electron chi connectivity index (χ0n) is 10.3. The zero-order valence-corrected chi connectivity index (χ0v) is 13.8. The van der Waals surface area contributed by atoms with Gasteiger partial charge in [0.15, 0.2) is 0 Å². The Hall–Kier alpha value is 0.628. The first kappa shape index (κ1) is 12.7. The Labute approximate surface area is 102 Å². The first-order valence-electron chi connectivity index (χ1n) is 5.30. The van der Waals surface area contributed by atoms with Crippen molar-refractivity contribution in [1.29, 1.82) is 0 Å². The number of allylic oxidation sites excluding steroid dienone is 4. The van der Waals surface area contributed by atoms with Crippen LogP contribution in [0.1, 0.15) is 6.42 Å². The Morgan fingerprint density at radius 2 is 1.50 bits per heavy atom. The third kappa shape index (κ3) is 2.60. The van der Waals surface area contributed by atoms with Crippen LogP contribution in [0.5, 0.6) is 0 Å². The molecule has 1 aliphatic carbocycles. The second-order valence-electron chi connectivity index (χ2n) is 6.18. The van der Waals surface area contributed by atoms with Crippen LogP contribution in [0, 0.1) is 0 Å². The van der Waals surface area contributed by atoms with Crippen LogP contribution in [-0.4, -0.2) is 16.1 Å². The van der Waals surface area contributed by atoms with Crippen LogP contribution >= 0.6 is 0 Å². The van der Waals surface area contributed by atoms with Gasteiger partial charge in [-0.1, -0.05) is 0 Å². The fraction of sp³-hybridized carbons (Fsp3) is 0.636. The van der Waals surface area contributed by atoms with Gasteiger partial charge in [-0.3, -0.25) is 0 Å². The normalized spacial score (nSPS) is 18.8. The zero-order chi connectivity index (χ0) is 11.1. The second kappa shape index (κ2) is 3.89. The molecule has 0 heterocycles. The molecule has 0 saturated heterocycles. The van der Waals surface area contributed by atoms with Crippen molar-refractivity contribution in [2.45, 2.75) is 45.7 Å². The van der Waals surface area contributed by atoms with E-state index in [4.69, 9.17) is 0 Å². The summed E-state index contributed by atoms with van der Waals surface area (Å²) >= 11 is 2.33. The van der Waals surface area contributed by atoms with Gasteiger partial charge in [0.05, 0.1) is 0 Å². The van der Waals surface area contributed by atoms with E-state index in [1.54, 1.807) is 14.3 Å². The molecule has 1 rings (SSSR count). The molecule has 3 heteroatoms. The molecule has 14 heavy (non-hydrogen) atoms. The summed E-state index contributed by atoms with van der Waals surface area (Å²) in [4.78, 5) is 0. The Bertz CT molecular complexity index is 300. The molecule has 0 aromatic carbocycles. The van der Waals surface area contributed by atoms with Crippen LogP contribution in [0.15, 0.2) is 20.3 Å². The molecular weight excluding hydrogens is 236 g/mol. The van der Waals surface area contributed by atoms with Crippen LogP contribution < -0.4 is 0 Å². The third-order valence-corrected chi connectivity index (χ3v) is 8.13. The summed E-state index contributed by atoms with van der Waals surface area (Å²) in [5.41, 5.74) is 0. The van der Waals surface area contributed by atoms with E-state index in [9.17, 15) is 0 Å². The van der Waals surface area contributed by atoms with E-state index in [1.807, 2.05) is 0 Å². The fourth-order valence-corrected chi connectivity index (χ4v) is 10.2.